The molecular weight excluding hydrogens is 419 g/mol. The second-order valence-electron chi connectivity index (χ2n) is 7.93. The molecule has 1 aliphatic rings. The van der Waals surface area contributed by atoms with Crippen LogP contribution in [0.1, 0.15) is 33.6 Å². The lowest BCUT2D eigenvalue weighted by Crippen LogP contribution is -2.35. The van der Waals surface area contributed by atoms with Gasteiger partial charge in [-0.2, -0.15) is 18.3 Å². The van der Waals surface area contributed by atoms with Crippen LogP contribution in [0.2, 0.25) is 0 Å². The summed E-state index contributed by atoms with van der Waals surface area (Å²) >= 11 is 0. The van der Waals surface area contributed by atoms with E-state index in [1.165, 1.54) is 6.07 Å². The predicted octanol–water partition coefficient (Wildman–Crippen LogP) is 4.26. The van der Waals surface area contributed by atoms with Crippen molar-refractivity contribution in [3.63, 3.8) is 0 Å². The number of hydrogen-bond donors (Lipinski definition) is 0. The van der Waals surface area contributed by atoms with Crippen LogP contribution in [0.4, 0.5) is 19.0 Å². The molecule has 1 saturated heterocycles. The van der Waals surface area contributed by atoms with Gasteiger partial charge in [-0.15, -0.1) is 0 Å². The minimum Gasteiger partial charge on any atom is -0.355 e. The fraction of sp³-hybridized carbons (Fsp3) is 0.348. The maximum Gasteiger partial charge on any atom is 0.417 e. The van der Waals surface area contributed by atoms with Crippen LogP contribution in [0.5, 0.6) is 0 Å². The SMILES string of the molecule is Cc1cccc(-n2ncc(C(=O)N3CCCN(c4ccc(C(F)(F)F)cn4)CC3)c2C)c1. The highest BCUT2D eigenvalue weighted by molar-refractivity contribution is 5.95. The first kappa shape index (κ1) is 21.9. The molecule has 1 aliphatic heterocycles. The number of alkyl halides is 3. The molecule has 9 heteroatoms. The number of aryl methyl sites for hydroxylation is 1. The monoisotopic (exact) mass is 443 g/mol. The third kappa shape index (κ3) is 4.46. The number of amides is 1. The van der Waals surface area contributed by atoms with E-state index in [0.29, 0.717) is 44.0 Å². The molecule has 0 unspecified atom stereocenters. The number of benzene rings is 1. The molecule has 0 spiro atoms. The number of aromatic nitrogens is 3. The summed E-state index contributed by atoms with van der Waals surface area (Å²) in [6.07, 6.45) is -1.26. The Hall–Kier alpha value is -3.36. The number of carbonyl (C=O) groups excluding carboxylic acids is 1. The summed E-state index contributed by atoms with van der Waals surface area (Å²) < 4.78 is 40.1. The lowest BCUT2D eigenvalue weighted by atomic mass is 10.2. The van der Waals surface area contributed by atoms with E-state index in [1.807, 2.05) is 43.0 Å². The van der Waals surface area contributed by atoms with Gasteiger partial charge in [-0.25, -0.2) is 9.67 Å². The van der Waals surface area contributed by atoms with Crippen LogP contribution in [-0.4, -0.2) is 51.8 Å². The van der Waals surface area contributed by atoms with E-state index in [-0.39, 0.29) is 5.91 Å². The molecule has 168 valence electrons. The van der Waals surface area contributed by atoms with Gasteiger partial charge in [0.15, 0.2) is 0 Å². The van der Waals surface area contributed by atoms with Crippen molar-refractivity contribution in [1.82, 2.24) is 19.7 Å². The third-order valence-corrected chi connectivity index (χ3v) is 5.67. The summed E-state index contributed by atoms with van der Waals surface area (Å²) in [6, 6.07) is 10.3. The Balaban J connectivity index is 1.46. The Kier molecular flexibility index (Phi) is 5.90. The molecule has 3 aromatic rings. The van der Waals surface area contributed by atoms with Crippen LogP contribution < -0.4 is 4.90 Å². The Morgan fingerprint density at radius 1 is 1.00 bits per heavy atom. The number of carbonyl (C=O) groups is 1. The van der Waals surface area contributed by atoms with Crippen molar-refractivity contribution in [2.75, 3.05) is 31.1 Å². The van der Waals surface area contributed by atoms with Crippen molar-refractivity contribution in [3.05, 3.63) is 71.2 Å². The van der Waals surface area contributed by atoms with Crippen molar-refractivity contribution in [2.24, 2.45) is 0 Å². The molecule has 6 nitrogen and oxygen atoms in total. The smallest absolute Gasteiger partial charge is 0.355 e. The van der Waals surface area contributed by atoms with Crippen molar-refractivity contribution < 1.29 is 18.0 Å². The molecule has 4 rings (SSSR count). The molecule has 1 fully saturated rings. The summed E-state index contributed by atoms with van der Waals surface area (Å²) in [6.45, 7) is 6.00. The average molecular weight is 443 g/mol. The number of pyridine rings is 1. The largest absolute Gasteiger partial charge is 0.417 e. The lowest BCUT2D eigenvalue weighted by molar-refractivity contribution is -0.137. The van der Waals surface area contributed by atoms with E-state index in [2.05, 4.69) is 10.1 Å². The first-order valence-electron chi connectivity index (χ1n) is 10.4. The second-order valence-corrected chi connectivity index (χ2v) is 7.93. The van der Waals surface area contributed by atoms with Crippen molar-refractivity contribution in [1.29, 1.82) is 0 Å². The molecule has 0 bridgehead atoms. The van der Waals surface area contributed by atoms with E-state index < -0.39 is 11.7 Å². The predicted molar refractivity (Wildman–Crippen MR) is 115 cm³/mol. The maximum atomic E-state index is 13.2. The Labute approximate surface area is 184 Å². The Morgan fingerprint density at radius 2 is 1.81 bits per heavy atom. The number of halogens is 3. The molecule has 0 saturated carbocycles. The zero-order chi connectivity index (χ0) is 22.9. The van der Waals surface area contributed by atoms with Gasteiger partial charge in [0, 0.05) is 32.4 Å². The summed E-state index contributed by atoms with van der Waals surface area (Å²) in [4.78, 5) is 20.9. The van der Waals surface area contributed by atoms with Gasteiger partial charge in [0.1, 0.15) is 5.82 Å². The van der Waals surface area contributed by atoms with Gasteiger partial charge in [0.05, 0.1) is 28.7 Å². The first-order valence-corrected chi connectivity index (χ1v) is 10.4. The van der Waals surface area contributed by atoms with Crippen LogP contribution in [-0.2, 0) is 6.18 Å². The van der Waals surface area contributed by atoms with Gasteiger partial charge in [0.25, 0.3) is 5.91 Å². The molecule has 1 aromatic carbocycles. The van der Waals surface area contributed by atoms with Crippen LogP contribution in [0.15, 0.2) is 48.8 Å². The van der Waals surface area contributed by atoms with Gasteiger partial charge >= 0.3 is 6.18 Å². The standard InChI is InChI=1S/C23H24F3N5O/c1-16-5-3-6-19(13-16)31-17(2)20(15-28-31)22(32)30-10-4-9-29(11-12-30)21-8-7-18(14-27-21)23(24,25)26/h3,5-8,13-15H,4,9-12H2,1-2H3. The zero-order valence-corrected chi connectivity index (χ0v) is 17.9. The van der Waals surface area contributed by atoms with Crippen LogP contribution in [0.3, 0.4) is 0 Å². The third-order valence-electron chi connectivity index (χ3n) is 5.67. The summed E-state index contributed by atoms with van der Waals surface area (Å²) in [5, 5.41) is 4.41. The van der Waals surface area contributed by atoms with Gasteiger partial charge in [-0.05, 0) is 50.1 Å². The Bertz CT molecular complexity index is 1110. The summed E-state index contributed by atoms with van der Waals surface area (Å²) in [7, 11) is 0. The fourth-order valence-corrected chi connectivity index (χ4v) is 3.90. The van der Waals surface area contributed by atoms with Crippen LogP contribution in [0, 0.1) is 13.8 Å². The van der Waals surface area contributed by atoms with E-state index in [1.54, 1.807) is 15.8 Å². The summed E-state index contributed by atoms with van der Waals surface area (Å²) in [5.41, 5.74) is 2.56. The molecule has 0 atom stereocenters. The number of nitrogens with zero attached hydrogens (tertiary/aromatic N) is 5. The molecule has 0 radical (unpaired) electrons. The van der Waals surface area contributed by atoms with Crippen molar-refractivity contribution >= 4 is 11.7 Å². The lowest BCUT2D eigenvalue weighted by Gasteiger charge is -2.23. The van der Waals surface area contributed by atoms with Crippen LogP contribution >= 0.6 is 0 Å². The van der Waals surface area contributed by atoms with Gasteiger partial charge < -0.3 is 9.80 Å². The summed E-state index contributed by atoms with van der Waals surface area (Å²) in [5.74, 6) is 0.388. The van der Waals surface area contributed by atoms with E-state index in [9.17, 15) is 18.0 Å². The van der Waals surface area contributed by atoms with Gasteiger partial charge in [-0.3, -0.25) is 4.79 Å². The molecule has 0 N–H and O–H groups in total. The number of rotatable bonds is 3. The zero-order valence-electron chi connectivity index (χ0n) is 17.9. The number of anilines is 1. The maximum absolute atomic E-state index is 13.2. The molecule has 32 heavy (non-hydrogen) atoms. The molecule has 0 aliphatic carbocycles. The van der Waals surface area contributed by atoms with Crippen molar-refractivity contribution in [3.8, 4) is 5.69 Å². The minimum absolute atomic E-state index is 0.0939. The quantitative estimate of drug-likeness (QED) is 0.607. The molecule has 1 amide bonds. The second kappa shape index (κ2) is 8.64. The highest BCUT2D eigenvalue weighted by Gasteiger charge is 2.31. The molecular formula is C23H24F3N5O. The molecule has 2 aromatic heterocycles. The fourth-order valence-electron chi connectivity index (χ4n) is 3.90. The average Bonchev–Trinajstić information content (AvgIpc) is 2.98. The Morgan fingerprint density at radius 3 is 2.50 bits per heavy atom. The van der Waals surface area contributed by atoms with Gasteiger partial charge in [0.2, 0.25) is 0 Å². The minimum atomic E-state index is -4.41. The van der Waals surface area contributed by atoms with E-state index >= 15 is 0 Å². The number of hydrogen-bond acceptors (Lipinski definition) is 4. The first-order chi connectivity index (χ1) is 15.2. The molecule has 3 heterocycles. The van der Waals surface area contributed by atoms with E-state index in [4.69, 9.17) is 0 Å². The van der Waals surface area contributed by atoms with E-state index in [0.717, 1.165) is 29.2 Å². The highest BCUT2D eigenvalue weighted by atomic mass is 19.4. The topological polar surface area (TPSA) is 54.3 Å². The normalized spacial score (nSPS) is 15.0. The van der Waals surface area contributed by atoms with Gasteiger partial charge in [-0.1, -0.05) is 12.1 Å². The van der Waals surface area contributed by atoms with Crippen LogP contribution in [0.25, 0.3) is 5.69 Å². The van der Waals surface area contributed by atoms with Crippen molar-refractivity contribution in [2.45, 2.75) is 26.4 Å². The highest BCUT2D eigenvalue weighted by Crippen LogP contribution is 2.29.